The summed E-state index contributed by atoms with van der Waals surface area (Å²) in [6.07, 6.45) is 1.90. The molecule has 0 aliphatic carbocycles. The standard InChI is InChI=1S/C15H19N3O2/c1-10(14(16)19)18-8-6-11(7-9-18)15-17-12-4-2-3-5-13(12)20-15/h2-5,10-11H,6-9H2,1H3,(H2,16,19)/t10-/m0/s1. The van der Waals surface area contributed by atoms with Crippen LogP contribution in [-0.2, 0) is 4.79 Å². The van der Waals surface area contributed by atoms with Crippen molar-refractivity contribution < 1.29 is 9.21 Å². The number of rotatable bonds is 3. The summed E-state index contributed by atoms with van der Waals surface area (Å²) >= 11 is 0. The summed E-state index contributed by atoms with van der Waals surface area (Å²) in [6, 6.07) is 7.63. The van der Waals surface area contributed by atoms with Crippen LogP contribution in [0.5, 0.6) is 0 Å². The monoisotopic (exact) mass is 273 g/mol. The highest BCUT2D eigenvalue weighted by atomic mass is 16.3. The molecule has 1 atom stereocenters. The third-order valence-electron chi connectivity index (χ3n) is 4.15. The summed E-state index contributed by atoms with van der Waals surface area (Å²) in [7, 11) is 0. The normalized spacial score (nSPS) is 19.2. The fourth-order valence-electron chi connectivity index (χ4n) is 2.78. The number of oxazole rings is 1. The van der Waals surface area contributed by atoms with E-state index in [-0.39, 0.29) is 11.9 Å². The van der Waals surface area contributed by atoms with Crippen molar-refractivity contribution in [2.24, 2.45) is 5.73 Å². The predicted molar refractivity (Wildman–Crippen MR) is 76.2 cm³/mol. The molecule has 3 rings (SSSR count). The van der Waals surface area contributed by atoms with Gasteiger partial charge in [-0.2, -0.15) is 0 Å². The topological polar surface area (TPSA) is 72.4 Å². The molecule has 0 unspecified atom stereocenters. The number of aromatic nitrogens is 1. The lowest BCUT2D eigenvalue weighted by atomic mass is 9.96. The van der Waals surface area contributed by atoms with Crippen LogP contribution in [0.25, 0.3) is 11.1 Å². The van der Waals surface area contributed by atoms with Gasteiger partial charge in [0.2, 0.25) is 5.91 Å². The molecule has 0 saturated carbocycles. The van der Waals surface area contributed by atoms with Crippen LogP contribution in [0.1, 0.15) is 31.6 Å². The molecular formula is C15H19N3O2. The van der Waals surface area contributed by atoms with Crippen molar-refractivity contribution in [1.29, 1.82) is 0 Å². The zero-order chi connectivity index (χ0) is 14.1. The van der Waals surface area contributed by atoms with E-state index in [9.17, 15) is 4.79 Å². The number of carbonyl (C=O) groups is 1. The zero-order valence-electron chi connectivity index (χ0n) is 11.6. The quantitative estimate of drug-likeness (QED) is 0.926. The third-order valence-corrected chi connectivity index (χ3v) is 4.15. The Labute approximate surface area is 117 Å². The Morgan fingerprint density at radius 2 is 2.10 bits per heavy atom. The fourth-order valence-corrected chi connectivity index (χ4v) is 2.78. The highest BCUT2D eigenvalue weighted by molar-refractivity contribution is 5.79. The molecule has 1 aromatic heterocycles. The van der Waals surface area contributed by atoms with E-state index in [1.54, 1.807) is 0 Å². The van der Waals surface area contributed by atoms with Crippen molar-refractivity contribution in [2.75, 3.05) is 13.1 Å². The number of para-hydroxylation sites is 2. The summed E-state index contributed by atoms with van der Waals surface area (Å²) in [5, 5.41) is 0. The van der Waals surface area contributed by atoms with Crippen molar-refractivity contribution in [3.63, 3.8) is 0 Å². The van der Waals surface area contributed by atoms with E-state index in [1.165, 1.54) is 0 Å². The van der Waals surface area contributed by atoms with E-state index in [0.29, 0.717) is 5.92 Å². The van der Waals surface area contributed by atoms with E-state index in [1.807, 2.05) is 31.2 Å². The highest BCUT2D eigenvalue weighted by Gasteiger charge is 2.28. The van der Waals surface area contributed by atoms with Gasteiger partial charge in [-0.05, 0) is 45.0 Å². The molecule has 106 valence electrons. The fraction of sp³-hybridized carbons (Fsp3) is 0.467. The van der Waals surface area contributed by atoms with Crippen LogP contribution < -0.4 is 5.73 Å². The van der Waals surface area contributed by atoms with Gasteiger partial charge in [0.05, 0.1) is 6.04 Å². The number of piperidine rings is 1. The number of fused-ring (bicyclic) bond motifs is 1. The van der Waals surface area contributed by atoms with Gasteiger partial charge in [0, 0.05) is 5.92 Å². The molecule has 2 heterocycles. The van der Waals surface area contributed by atoms with Gasteiger partial charge >= 0.3 is 0 Å². The molecule has 1 fully saturated rings. The molecule has 0 spiro atoms. The first kappa shape index (κ1) is 13.1. The zero-order valence-corrected chi connectivity index (χ0v) is 11.6. The van der Waals surface area contributed by atoms with Crippen molar-refractivity contribution >= 4 is 17.0 Å². The van der Waals surface area contributed by atoms with Crippen LogP contribution >= 0.6 is 0 Å². The largest absolute Gasteiger partial charge is 0.440 e. The molecule has 1 aliphatic rings. The Bertz CT molecular complexity index is 581. The minimum Gasteiger partial charge on any atom is -0.440 e. The van der Waals surface area contributed by atoms with Crippen LogP contribution in [0.15, 0.2) is 28.7 Å². The van der Waals surface area contributed by atoms with Gasteiger partial charge in [0.15, 0.2) is 11.5 Å². The molecule has 5 heteroatoms. The number of carbonyl (C=O) groups excluding carboxylic acids is 1. The van der Waals surface area contributed by atoms with Gasteiger partial charge in [0.25, 0.3) is 0 Å². The number of likely N-dealkylation sites (tertiary alicyclic amines) is 1. The Morgan fingerprint density at radius 3 is 2.75 bits per heavy atom. The highest BCUT2D eigenvalue weighted by Crippen LogP contribution is 2.30. The van der Waals surface area contributed by atoms with Crippen LogP contribution in [0.3, 0.4) is 0 Å². The predicted octanol–water partition coefficient (Wildman–Crippen LogP) is 1.88. The smallest absolute Gasteiger partial charge is 0.234 e. The average molecular weight is 273 g/mol. The van der Waals surface area contributed by atoms with Gasteiger partial charge in [-0.25, -0.2) is 4.98 Å². The molecule has 1 aliphatic heterocycles. The second kappa shape index (κ2) is 5.25. The number of amides is 1. The van der Waals surface area contributed by atoms with Crippen LogP contribution in [0.2, 0.25) is 0 Å². The lowest BCUT2D eigenvalue weighted by Gasteiger charge is -2.33. The van der Waals surface area contributed by atoms with Crippen LogP contribution in [0, 0.1) is 0 Å². The number of benzene rings is 1. The van der Waals surface area contributed by atoms with Crippen molar-refractivity contribution in [2.45, 2.75) is 31.7 Å². The Kier molecular flexibility index (Phi) is 3.44. The first-order valence-corrected chi connectivity index (χ1v) is 7.04. The van der Waals surface area contributed by atoms with E-state index in [4.69, 9.17) is 10.2 Å². The van der Waals surface area contributed by atoms with Gasteiger partial charge in [-0.15, -0.1) is 0 Å². The molecule has 0 bridgehead atoms. The minimum atomic E-state index is -0.259. The van der Waals surface area contributed by atoms with Gasteiger partial charge in [-0.3, -0.25) is 9.69 Å². The summed E-state index contributed by atoms with van der Waals surface area (Å²) < 4.78 is 5.83. The van der Waals surface area contributed by atoms with Crippen LogP contribution in [0.4, 0.5) is 0 Å². The number of nitrogens with zero attached hydrogens (tertiary/aromatic N) is 2. The number of primary amides is 1. The Balaban J connectivity index is 1.70. The van der Waals surface area contributed by atoms with E-state index >= 15 is 0 Å². The number of hydrogen-bond donors (Lipinski definition) is 1. The molecule has 2 aromatic rings. The average Bonchev–Trinajstić information content (AvgIpc) is 2.90. The van der Waals surface area contributed by atoms with Crippen molar-refractivity contribution in [3.05, 3.63) is 30.2 Å². The molecule has 5 nitrogen and oxygen atoms in total. The van der Waals surface area contributed by atoms with Gasteiger partial charge in [0.1, 0.15) is 5.52 Å². The number of nitrogens with two attached hydrogens (primary N) is 1. The SMILES string of the molecule is C[C@@H](C(N)=O)N1CCC(c2nc3ccccc3o2)CC1. The molecule has 1 amide bonds. The molecule has 2 N–H and O–H groups in total. The summed E-state index contributed by atoms with van der Waals surface area (Å²) in [4.78, 5) is 17.9. The van der Waals surface area contributed by atoms with Crippen LogP contribution in [-0.4, -0.2) is 34.9 Å². The first-order valence-electron chi connectivity index (χ1n) is 7.04. The summed E-state index contributed by atoms with van der Waals surface area (Å²) in [6.45, 7) is 3.57. The maximum absolute atomic E-state index is 11.2. The van der Waals surface area contributed by atoms with Gasteiger partial charge in [-0.1, -0.05) is 12.1 Å². The first-order chi connectivity index (χ1) is 9.65. The van der Waals surface area contributed by atoms with Crippen molar-refractivity contribution in [3.8, 4) is 0 Å². The van der Waals surface area contributed by atoms with E-state index < -0.39 is 0 Å². The summed E-state index contributed by atoms with van der Waals surface area (Å²) in [5.74, 6) is 0.890. The Morgan fingerprint density at radius 1 is 1.40 bits per heavy atom. The molecular weight excluding hydrogens is 254 g/mol. The number of hydrogen-bond acceptors (Lipinski definition) is 4. The maximum Gasteiger partial charge on any atom is 0.234 e. The minimum absolute atomic E-state index is 0.195. The maximum atomic E-state index is 11.2. The molecule has 20 heavy (non-hydrogen) atoms. The van der Waals surface area contributed by atoms with Gasteiger partial charge < -0.3 is 10.2 Å². The van der Waals surface area contributed by atoms with E-state index in [0.717, 1.165) is 42.9 Å². The molecule has 1 aromatic carbocycles. The molecule has 1 saturated heterocycles. The lowest BCUT2D eigenvalue weighted by Crippen LogP contribution is -2.46. The van der Waals surface area contributed by atoms with Crippen molar-refractivity contribution in [1.82, 2.24) is 9.88 Å². The second-order valence-corrected chi connectivity index (χ2v) is 5.41. The third kappa shape index (κ3) is 2.41. The summed E-state index contributed by atoms with van der Waals surface area (Å²) in [5.41, 5.74) is 7.11. The molecule has 0 radical (unpaired) electrons. The van der Waals surface area contributed by atoms with E-state index in [2.05, 4.69) is 9.88 Å². The Hall–Kier alpha value is -1.88. The second-order valence-electron chi connectivity index (χ2n) is 5.41. The lowest BCUT2D eigenvalue weighted by molar-refractivity contribution is -0.123.